The van der Waals surface area contributed by atoms with Gasteiger partial charge in [-0.2, -0.15) is 0 Å². The summed E-state index contributed by atoms with van der Waals surface area (Å²) >= 11 is 12.8. The number of alkyl halides is 1. The number of aryl methyl sites for hydroxylation is 2. The van der Waals surface area contributed by atoms with Crippen LogP contribution in [0.25, 0.3) is 0 Å². The van der Waals surface area contributed by atoms with E-state index in [0.29, 0.717) is 46.3 Å². The van der Waals surface area contributed by atoms with E-state index in [1.165, 1.54) is 11.1 Å². The molecule has 0 aliphatic heterocycles. The second-order valence-electron chi connectivity index (χ2n) is 12.6. The van der Waals surface area contributed by atoms with E-state index in [1.807, 2.05) is 45.4 Å². The fourth-order valence-electron chi connectivity index (χ4n) is 4.02. The third-order valence-corrected chi connectivity index (χ3v) is 8.70. The number of phenolic OH excluding ortho intramolecular Hbond substituents is 1. The van der Waals surface area contributed by atoms with Crippen LogP contribution in [0.2, 0.25) is 0 Å². The number of aliphatic hydroxyl groups excluding tert-OH is 4. The van der Waals surface area contributed by atoms with Crippen molar-refractivity contribution < 1.29 is 71.1 Å². The quantitative estimate of drug-likeness (QED) is 0.0137. The number of nitrogens with two attached hydrogens (primary N) is 1. The van der Waals surface area contributed by atoms with Gasteiger partial charge in [0.15, 0.2) is 0 Å². The maximum absolute atomic E-state index is 10.7. The van der Waals surface area contributed by atoms with E-state index in [4.69, 9.17) is 51.6 Å². The number of aromatic hydroxyl groups is 1. The summed E-state index contributed by atoms with van der Waals surface area (Å²) in [6, 6.07) is 16.1. The third kappa shape index (κ3) is 45.9. The molecule has 4 unspecified atom stereocenters. The summed E-state index contributed by atoms with van der Waals surface area (Å²) in [6.07, 6.45) is 6.27. The summed E-state index contributed by atoms with van der Waals surface area (Å²) in [5.41, 5.74) is 10.5. The van der Waals surface area contributed by atoms with Gasteiger partial charge in [0, 0.05) is 5.88 Å². The molecular formula is C42H78BrN3O10P2S4Ti+3. The molecule has 3 aromatic carbocycles. The van der Waals surface area contributed by atoms with Crippen LogP contribution in [-0.4, -0.2) is 86.6 Å². The predicted molar refractivity (Wildman–Crippen MR) is 282 cm³/mol. The molecule has 63 heavy (non-hydrogen) atoms. The summed E-state index contributed by atoms with van der Waals surface area (Å²) in [6.45, 7) is 9.81. The Kier molecular flexibility index (Phi) is 59.1. The molecule has 3 aromatic rings. The Bertz CT molecular complexity index is 1570. The molecule has 0 saturated carbocycles. The van der Waals surface area contributed by atoms with Crippen LogP contribution in [0, 0.1) is 0 Å². The predicted octanol–water partition coefficient (Wildman–Crippen LogP) is 7.06. The average Bonchev–Trinajstić information content (AvgIpc) is 3.20. The summed E-state index contributed by atoms with van der Waals surface area (Å²) in [5, 5.41) is 50.7. The van der Waals surface area contributed by atoms with Crippen molar-refractivity contribution >= 4 is 87.5 Å². The Labute approximate surface area is 421 Å². The zero-order valence-corrected chi connectivity index (χ0v) is 44.3. The monoisotopic (exact) mass is 1100 g/mol. The summed E-state index contributed by atoms with van der Waals surface area (Å²) in [7, 11) is 4.49. The molecule has 3 rings (SSSR count). The molecule has 0 saturated heterocycles. The molecular weight excluding hydrogens is 1020 g/mol. The molecule has 1 radical (unpaired) electrons. The van der Waals surface area contributed by atoms with E-state index in [1.54, 1.807) is 36.4 Å². The topological polar surface area (TPSA) is 213 Å². The molecule has 0 bridgehead atoms. The fraction of sp³-hybridized carbons (Fsp3) is 0.524. The van der Waals surface area contributed by atoms with Gasteiger partial charge in [-0.3, -0.25) is 11.1 Å². The number of carbonyl (C=O) groups excluding carboxylic acids is 2. The van der Waals surface area contributed by atoms with Gasteiger partial charge in [0.1, 0.15) is 42.6 Å². The standard InChI is InChI=1S/C11H17NO3S2.C10H14O.C9H13NO3.C6H12BrNO2.C3H6OS2.3CH4.H4P2.Ti/c1-17(16)8-12-7-15-11-3-9(5-13)2-10(4-11)6-14;1-3-8-5-9(4-2)7-10(11)6-8;10-6-13-9-2-7(4-11)1-8(3-9)5-12;1-6(2,3)10-5(9)8-4-7;1-6(5)3-2-4;;;;1-2;/h2-4,12-14H,5-8H2,1H3;5-7,11H,3-4H2,1-2H3;1-3,11-12H,4-6,10H2;4H2,1-3H3,(H,8,9);2H,3H2,1H3;3*1H4;1-2H2;/q;;;;;;;;;+3. The minimum absolute atomic E-state index is 0. The first-order valence-electron chi connectivity index (χ1n) is 18.0. The Morgan fingerprint density at radius 1 is 0.762 bits per heavy atom. The van der Waals surface area contributed by atoms with Gasteiger partial charge in [-0.05, 0) is 116 Å². The van der Waals surface area contributed by atoms with Crippen LogP contribution in [0.15, 0.2) is 54.6 Å². The number of ether oxygens (including phenoxy) is 3. The van der Waals surface area contributed by atoms with Crippen molar-refractivity contribution in [2.45, 2.75) is 102 Å². The maximum Gasteiger partial charge on any atom is 3.00 e. The number of halogens is 1. The number of carbonyl (C=O) groups is 2. The Hall–Kier alpha value is -1.05. The molecule has 0 aliphatic carbocycles. The van der Waals surface area contributed by atoms with Crippen molar-refractivity contribution in [2.75, 3.05) is 43.1 Å². The van der Waals surface area contributed by atoms with Gasteiger partial charge in [-0.15, -0.1) is 36.8 Å². The van der Waals surface area contributed by atoms with Gasteiger partial charge in [-0.25, -0.2) is 4.79 Å². The number of amides is 1. The van der Waals surface area contributed by atoms with E-state index in [9.17, 15) is 14.7 Å². The van der Waals surface area contributed by atoms with E-state index in [0.717, 1.165) is 36.1 Å². The van der Waals surface area contributed by atoms with Crippen molar-refractivity contribution in [3.8, 4) is 17.2 Å². The van der Waals surface area contributed by atoms with Crippen LogP contribution in [0.5, 0.6) is 17.2 Å². The molecule has 0 spiro atoms. The molecule has 13 nitrogen and oxygen atoms in total. The SMILES string of the molecule is C.C.C.CC(C)(C)OC(=O)NCBr.CCc1cc(O)cc(CC)c1.CS(=S)CC=O.CS(=S)CNCOc1cc(CO)cc(CO)c1.NCOc1cc(CO)cc(CO)c1.PP.[Ti+3]. The summed E-state index contributed by atoms with van der Waals surface area (Å²) < 4.78 is 15.4. The number of aldehydes is 1. The van der Waals surface area contributed by atoms with E-state index in [2.05, 4.69) is 75.5 Å². The van der Waals surface area contributed by atoms with E-state index >= 15 is 0 Å². The number of alkyl carbamates (subject to hydrolysis) is 1. The Morgan fingerprint density at radius 3 is 1.41 bits per heavy atom. The van der Waals surface area contributed by atoms with Crippen LogP contribution in [0.4, 0.5) is 4.79 Å². The molecule has 21 heteroatoms. The molecule has 0 aromatic heterocycles. The number of aliphatic hydroxyl groups is 4. The van der Waals surface area contributed by atoms with Gasteiger partial charge in [0.05, 0.1) is 37.6 Å². The number of rotatable bonds is 16. The molecule has 1 amide bonds. The maximum atomic E-state index is 10.7. The normalized spacial score (nSPS) is 10.3. The van der Waals surface area contributed by atoms with E-state index in [-0.39, 0.29) is 96.1 Å². The van der Waals surface area contributed by atoms with Gasteiger partial charge in [-0.1, -0.05) is 92.6 Å². The molecule has 0 fully saturated rings. The molecule has 0 aliphatic rings. The van der Waals surface area contributed by atoms with Gasteiger partial charge in [0.25, 0.3) is 0 Å². The Balaban J connectivity index is -0.000000125. The van der Waals surface area contributed by atoms with Crippen LogP contribution >= 0.6 is 33.8 Å². The van der Waals surface area contributed by atoms with Crippen molar-refractivity contribution in [3.05, 3.63) is 88.0 Å². The second-order valence-corrected chi connectivity index (χ2v) is 19.5. The molecule has 363 valence electrons. The molecule has 4 atom stereocenters. The Morgan fingerprint density at radius 2 is 1.14 bits per heavy atom. The van der Waals surface area contributed by atoms with Crippen LogP contribution in [0.3, 0.4) is 0 Å². The number of hydrogen-bond acceptors (Lipinski definition) is 14. The molecule has 0 heterocycles. The van der Waals surface area contributed by atoms with Crippen molar-refractivity contribution in [2.24, 2.45) is 5.73 Å². The van der Waals surface area contributed by atoms with Crippen molar-refractivity contribution in [3.63, 3.8) is 0 Å². The van der Waals surface area contributed by atoms with Crippen molar-refractivity contribution in [1.29, 1.82) is 0 Å². The zero-order valence-electron chi connectivity index (χ0n) is 35.6. The summed E-state index contributed by atoms with van der Waals surface area (Å²) in [5.74, 6) is 2.87. The van der Waals surface area contributed by atoms with Crippen LogP contribution < -0.4 is 25.8 Å². The number of benzene rings is 3. The fourth-order valence-corrected chi connectivity index (χ4v) is 5.23. The number of hydrogen-bond donors (Lipinski definition) is 8. The van der Waals surface area contributed by atoms with E-state index < -0.39 is 11.7 Å². The first-order valence-corrected chi connectivity index (χ1v) is 27.3. The first kappa shape index (κ1) is 76.2. The first-order chi connectivity index (χ1) is 27.9. The van der Waals surface area contributed by atoms with Crippen LogP contribution in [0.1, 0.15) is 90.3 Å². The average molecular weight is 1100 g/mol. The third-order valence-electron chi connectivity index (χ3n) is 6.45. The van der Waals surface area contributed by atoms with Crippen molar-refractivity contribution in [1.82, 2.24) is 10.6 Å². The van der Waals surface area contributed by atoms with Gasteiger partial charge >= 0.3 is 27.8 Å². The number of phenols is 1. The zero-order chi connectivity index (χ0) is 45.8. The molecule has 9 N–H and O–H groups in total. The van der Waals surface area contributed by atoms with Crippen LogP contribution in [-0.2, 0) is 112 Å². The largest absolute Gasteiger partial charge is 3.00 e. The minimum atomic E-state index is -0.410. The number of nitrogens with one attached hydrogen (secondary N) is 2. The van der Waals surface area contributed by atoms with Gasteiger partial charge in [0.2, 0.25) is 0 Å². The van der Waals surface area contributed by atoms with Gasteiger partial charge < -0.3 is 49.9 Å². The summed E-state index contributed by atoms with van der Waals surface area (Å²) in [4.78, 5) is 20.3. The minimum Gasteiger partial charge on any atom is -0.508 e. The second kappa shape index (κ2) is 48.9. The smallest absolute Gasteiger partial charge is 0.508 e.